The maximum Gasteiger partial charge on any atom is 0.193 e. The Hall–Kier alpha value is -0.910. The van der Waals surface area contributed by atoms with Crippen LogP contribution in [-0.2, 0) is 11.2 Å². The number of fused-ring (bicyclic) bond motifs is 1. The van der Waals surface area contributed by atoms with E-state index < -0.39 is 0 Å². The molecule has 1 aliphatic rings. The molecule has 3 heterocycles. The Bertz CT molecular complexity index is 470. The summed E-state index contributed by atoms with van der Waals surface area (Å²) in [5.41, 5.74) is 1.41. The van der Waals surface area contributed by atoms with E-state index in [1.54, 1.807) is 11.3 Å². The normalized spacial score (nSPS) is 24.8. The Balaban J connectivity index is 1.82. The zero-order valence-corrected chi connectivity index (χ0v) is 10.8. The first-order valence-electron chi connectivity index (χ1n) is 5.95. The predicted octanol–water partition coefficient (Wildman–Crippen LogP) is 1.56. The predicted molar refractivity (Wildman–Crippen MR) is 68.6 cm³/mol. The summed E-state index contributed by atoms with van der Waals surface area (Å²) < 4.78 is 7.67. The summed E-state index contributed by atoms with van der Waals surface area (Å²) in [6, 6.07) is 0. The van der Waals surface area contributed by atoms with Gasteiger partial charge in [-0.25, -0.2) is 4.98 Å². The smallest absolute Gasteiger partial charge is 0.193 e. The van der Waals surface area contributed by atoms with Crippen LogP contribution >= 0.6 is 11.3 Å². The lowest BCUT2D eigenvalue weighted by Gasteiger charge is -2.25. The Kier molecular flexibility index (Phi) is 2.90. The Morgan fingerprint density at radius 1 is 1.65 bits per heavy atom. The van der Waals surface area contributed by atoms with E-state index >= 15 is 0 Å². The molecule has 2 aromatic rings. The van der Waals surface area contributed by atoms with Crippen LogP contribution in [0.1, 0.15) is 12.1 Å². The van der Waals surface area contributed by atoms with Crippen molar-refractivity contribution in [3.63, 3.8) is 0 Å². The van der Waals surface area contributed by atoms with Crippen molar-refractivity contribution in [2.24, 2.45) is 5.41 Å². The Morgan fingerprint density at radius 3 is 3.29 bits per heavy atom. The van der Waals surface area contributed by atoms with Crippen molar-refractivity contribution in [2.75, 3.05) is 26.8 Å². The van der Waals surface area contributed by atoms with Crippen molar-refractivity contribution >= 4 is 16.3 Å². The highest BCUT2D eigenvalue weighted by atomic mass is 32.1. The number of hydrogen-bond donors (Lipinski definition) is 1. The minimum Gasteiger partial charge on any atom is -0.381 e. The third-order valence-electron chi connectivity index (χ3n) is 3.44. The van der Waals surface area contributed by atoms with Crippen molar-refractivity contribution in [2.45, 2.75) is 12.8 Å². The molecule has 0 spiro atoms. The molecule has 92 valence electrons. The second-order valence-electron chi connectivity index (χ2n) is 4.83. The number of thiazole rings is 1. The van der Waals surface area contributed by atoms with Gasteiger partial charge in [0, 0.05) is 42.8 Å². The van der Waals surface area contributed by atoms with Gasteiger partial charge in [0.25, 0.3) is 0 Å². The van der Waals surface area contributed by atoms with Crippen LogP contribution in [0.5, 0.6) is 0 Å². The molecule has 1 saturated heterocycles. The molecule has 2 aromatic heterocycles. The molecule has 1 N–H and O–H groups in total. The minimum absolute atomic E-state index is 0.235. The van der Waals surface area contributed by atoms with E-state index in [-0.39, 0.29) is 5.41 Å². The molecule has 17 heavy (non-hydrogen) atoms. The molecule has 1 atom stereocenters. The average Bonchev–Trinajstić information content (AvgIpc) is 2.94. The van der Waals surface area contributed by atoms with Gasteiger partial charge in [0.2, 0.25) is 0 Å². The van der Waals surface area contributed by atoms with Gasteiger partial charge in [-0.2, -0.15) is 0 Å². The molecule has 0 radical (unpaired) electrons. The standard InChI is InChI=1S/C12H17N3OS/c1-13-8-12(2-4-16-9-12)6-10-7-15-3-5-17-11(15)14-10/h3,5,7,13H,2,4,6,8-9H2,1H3. The number of ether oxygens (including phenoxy) is 1. The first-order chi connectivity index (χ1) is 8.31. The van der Waals surface area contributed by atoms with Crippen molar-refractivity contribution in [1.29, 1.82) is 0 Å². The highest BCUT2D eigenvalue weighted by Gasteiger charge is 2.35. The fraction of sp³-hybridized carbons (Fsp3) is 0.583. The van der Waals surface area contributed by atoms with Crippen molar-refractivity contribution in [3.05, 3.63) is 23.5 Å². The first-order valence-corrected chi connectivity index (χ1v) is 6.83. The fourth-order valence-corrected chi connectivity index (χ4v) is 3.33. The quantitative estimate of drug-likeness (QED) is 0.896. The lowest BCUT2D eigenvalue weighted by molar-refractivity contribution is 0.150. The average molecular weight is 251 g/mol. The van der Waals surface area contributed by atoms with Crippen LogP contribution in [0.15, 0.2) is 17.8 Å². The second-order valence-corrected chi connectivity index (χ2v) is 5.71. The summed E-state index contributed by atoms with van der Waals surface area (Å²) in [7, 11) is 2.01. The van der Waals surface area contributed by atoms with Crippen LogP contribution in [0.25, 0.3) is 4.96 Å². The molecule has 0 aliphatic carbocycles. The molecule has 1 fully saturated rings. The summed E-state index contributed by atoms with van der Waals surface area (Å²) in [6.45, 7) is 2.72. The number of nitrogens with zero attached hydrogens (tertiary/aromatic N) is 2. The minimum atomic E-state index is 0.235. The lowest BCUT2D eigenvalue weighted by atomic mass is 9.82. The highest BCUT2D eigenvalue weighted by molar-refractivity contribution is 7.15. The van der Waals surface area contributed by atoms with Gasteiger partial charge >= 0.3 is 0 Å². The van der Waals surface area contributed by atoms with E-state index in [1.165, 1.54) is 5.69 Å². The van der Waals surface area contributed by atoms with Gasteiger partial charge in [-0.1, -0.05) is 0 Å². The van der Waals surface area contributed by atoms with Crippen molar-refractivity contribution < 1.29 is 4.74 Å². The highest BCUT2D eigenvalue weighted by Crippen LogP contribution is 2.32. The van der Waals surface area contributed by atoms with Gasteiger partial charge in [-0.15, -0.1) is 11.3 Å². The molecule has 5 heteroatoms. The molecule has 3 rings (SSSR count). The topological polar surface area (TPSA) is 38.6 Å². The first kappa shape index (κ1) is 11.2. The van der Waals surface area contributed by atoms with E-state index in [0.717, 1.165) is 37.6 Å². The van der Waals surface area contributed by atoms with Gasteiger partial charge in [-0.05, 0) is 13.5 Å². The third kappa shape index (κ3) is 2.10. The molecule has 1 aliphatic heterocycles. The Labute approximate surface area is 105 Å². The fourth-order valence-electron chi connectivity index (χ4n) is 2.61. The van der Waals surface area contributed by atoms with Crippen molar-refractivity contribution in [3.8, 4) is 0 Å². The molecule has 0 aromatic carbocycles. The largest absolute Gasteiger partial charge is 0.381 e. The zero-order chi connectivity index (χ0) is 11.7. The van der Waals surface area contributed by atoms with Crippen molar-refractivity contribution in [1.82, 2.24) is 14.7 Å². The van der Waals surface area contributed by atoms with E-state index in [0.29, 0.717) is 0 Å². The van der Waals surface area contributed by atoms with E-state index in [9.17, 15) is 0 Å². The zero-order valence-electron chi connectivity index (χ0n) is 9.98. The molecule has 4 nitrogen and oxygen atoms in total. The monoisotopic (exact) mass is 251 g/mol. The van der Waals surface area contributed by atoms with Gasteiger partial charge in [0.05, 0.1) is 12.3 Å². The van der Waals surface area contributed by atoms with Gasteiger partial charge in [0.15, 0.2) is 4.96 Å². The summed E-state index contributed by atoms with van der Waals surface area (Å²) in [5, 5.41) is 5.35. The molecule has 0 amide bonds. The summed E-state index contributed by atoms with van der Waals surface area (Å²) in [6.07, 6.45) is 6.33. The lowest BCUT2D eigenvalue weighted by Crippen LogP contribution is -2.35. The number of hydrogen-bond acceptors (Lipinski definition) is 4. The number of rotatable bonds is 4. The number of aromatic nitrogens is 2. The van der Waals surface area contributed by atoms with Crippen LogP contribution in [0.2, 0.25) is 0 Å². The summed E-state index contributed by atoms with van der Waals surface area (Å²) >= 11 is 1.68. The SMILES string of the molecule is CNCC1(Cc2cn3ccsc3n2)CCOC1. The summed E-state index contributed by atoms with van der Waals surface area (Å²) in [4.78, 5) is 5.74. The number of nitrogens with one attached hydrogen (secondary N) is 1. The van der Waals surface area contributed by atoms with Gasteiger partial charge < -0.3 is 10.1 Å². The van der Waals surface area contributed by atoms with Gasteiger partial charge in [0.1, 0.15) is 0 Å². The second kappa shape index (κ2) is 4.40. The molecule has 0 bridgehead atoms. The molecular formula is C12H17N3OS. The van der Waals surface area contributed by atoms with Crippen LogP contribution in [0.4, 0.5) is 0 Å². The molecular weight excluding hydrogens is 234 g/mol. The van der Waals surface area contributed by atoms with Gasteiger partial charge in [-0.3, -0.25) is 4.40 Å². The van der Waals surface area contributed by atoms with Crippen LogP contribution in [0.3, 0.4) is 0 Å². The van der Waals surface area contributed by atoms with Crippen LogP contribution < -0.4 is 5.32 Å². The maximum atomic E-state index is 5.57. The van der Waals surface area contributed by atoms with E-state index in [2.05, 4.69) is 32.5 Å². The maximum absolute atomic E-state index is 5.57. The van der Waals surface area contributed by atoms with Crippen LogP contribution in [-0.4, -0.2) is 36.2 Å². The van der Waals surface area contributed by atoms with Crippen LogP contribution in [0, 0.1) is 5.41 Å². The van der Waals surface area contributed by atoms with E-state index in [4.69, 9.17) is 4.74 Å². The summed E-state index contributed by atoms with van der Waals surface area (Å²) in [5.74, 6) is 0. The molecule has 1 unspecified atom stereocenters. The third-order valence-corrected chi connectivity index (χ3v) is 4.21. The van der Waals surface area contributed by atoms with E-state index in [1.807, 2.05) is 7.05 Å². The Morgan fingerprint density at radius 2 is 2.59 bits per heavy atom. The number of imidazole rings is 1. The molecule has 0 saturated carbocycles.